The first kappa shape index (κ1) is 16.7. The number of amides is 1. The second-order valence-corrected chi connectivity index (χ2v) is 5.76. The maximum atomic E-state index is 11.4. The molecule has 1 saturated heterocycles. The van der Waals surface area contributed by atoms with Gasteiger partial charge >= 0.3 is 5.97 Å². The van der Waals surface area contributed by atoms with Crippen LogP contribution in [0.3, 0.4) is 0 Å². The zero-order valence-electron chi connectivity index (χ0n) is 13.8. The van der Waals surface area contributed by atoms with Crippen molar-refractivity contribution in [3.63, 3.8) is 0 Å². The van der Waals surface area contributed by atoms with Gasteiger partial charge in [-0.3, -0.25) is 4.79 Å². The van der Waals surface area contributed by atoms with Gasteiger partial charge in [0.05, 0.1) is 5.56 Å². The summed E-state index contributed by atoms with van der Waals surface area (Å²) in [5.74, 6) is 0.556. The van der Waals surface area contributed by atoms with Gasteiger partial charge in [-0.2, -0.15) is 0 Å². The fourth-order valence-electron chi connectivity index (χ4n) is 2.68. The normalized spacial score (nSPS) is 14.3. The summed E-state index contributed by atoms with van der Waals surface area (Å²) in [4.78, 5) is 34.7. The van der Waals surface area contributed by atoms with Gasteiger partial charge < -0.3 is 20.2 Å². The number of aromatic carboxylic acids is 1. The zero-order valence-corrected chi connectivity index (χ0v) is 13.8. The van der Waals surface area contributed by atoms with Gasteiger partial charge in [0.2, 0.25) is 5.91 Å². The van der Waals surface area contributed by atoms with Crippen molar-refractivity contribution in [3.8, 4) is 0 Å². The monoisotopic (exact) mass is 341 g/mol. The number of carbonyl (C=O) groups is 2. The minimum Gasteiger partial charge on any atom is -0.478 e. The molecule has 0 unspecified atom stereocenters. The molecule has 0 spiro atoms. The quantitative estimate of drug-likeness (QED) is 0.871. The molecule has 8 heteroatoms. The van der Waals surface area contributed by atoms with Crippen molar-refractivity contribution in [2.24, 2.45) is 0 Å². The maximum Gasteiger partial charge on any atom is 0.335 e. The molecule has 2 N–H and O–H groups in total. The van der Waals surface area contributed by atoms with Crippen molar-refractivity contribution in [2.45, 2.75) is 6.92 Å². The highest BCUT2D eigenvalue weighted by Gasteiger charge is 2.19. The molecule has 1 aliphatic heterocycles. The Kier molecular flexibility index (Phi) is 4.78. The average molecular weight is 341 g/mol. The van der Waals surface area contributed by atoms with Crippen LogP contribution in [0.5, 0.6) is 0 Å². The molecule has 1 aromatic heterocycles. The lowest BCUT2D eigenvalue weighted by molar-refractivity contribution is -0.129. The summed E-state index contributed by atoms with van der Waals surface area (Å²) in [7, 11) is 0. The molecule has 25 heavy (non-hydrogen) atoms. The van der Waals surface area contributed by atoms with E-state index >= 15 is 0 Å². The fraction of sp³-hybridized carbons (Fsp3) is 0.294. The molecule has 1 aliphatic rings. The number of anilines is 3. The Morgan fingerprint density at radius 3 is 2.36 bits per heavy atom. The molecule has 0 saturated carbocycles. The van der Waals surface area contributed by atoms with E-state index in [1.54, 1.807) is 19.1 Å². The SMILES string of the molecule is CC(=O)N1CCN(c2cc(Nc3ccc(C(=O)O)cc3)ncn2)CC1. The largest absolute Gasteiger partial charge is 0.478 e. The number of piperazine rings is 1. The number of carbonyl (C=O) groups excluding carboxylic acids is 1. The van der Waals surface area contributed by atoms with Crippen LogP contribution in [0.1, 0.15) is 17.3 Å². The van der Waals surface area contributed by atoms with E-state index in [0.29, 0.717) is 18.9 Å². The molecule has 1 aromatic carbocycles. The number of rotatable bonds is 4. The number of aromatic nitrogens is 2. The van der Waals surface area contributed by atoms with E-state index in [4.69, 9.17) is 5.11 Å². The first-order valence-corrected chi connectivity index (χ1v) is 7.96. The minimum absolute atomic E-state index is 0.0921. The van der Waals surface area contributed by atoms with Crippen LogP contribution in [0.15, 0.2) is 36.7 Å². The number of hydrogen-bond donors (Lipinski definition) is 2. The summed E-state index contributed by atoms with van der Waals surface area (Å²) in [5, 5.41) is 12.1. The van der Waals surface area contributed by atoms with Crippen molar-refractivity contribution in [1.29, 1.82) is 0 Å². The lowest BCUT2D eigenvalue weighted by Gasteiger charge is -2.34. The van der Waals surface area contributed by atoms with E-state index in [9.17, 15) is 9.59 Å². The fourth-order valence-corrected chi connectivity index (χ4v) is 2.68. The van der Waals surface area contributed by atoms with Gasteiger partial charge in [0.15, 0.2) is 0 Å². The molecule has 0 atom stereocenters. The van der Waals surface area contributed by atoms with E-state index in [0.717, 1.165) is 24.6 Å². The van der Waals surface area contributed by atoms with Crippen molar-refractivity contribution < 1.29 is 14.7 Å². The maximum absolute atomic E-state index is 11.4. The third kappa shape index (κ3) is 4.03. The molecular formula is C17H19N5O3. The van der Waals surface area contributed by atoms with Crippen LogP contribution >= 0.6 is 0 Å². The van der Waals surface area contributed by atoms with Crippen LogP contribution in [0.2, 0.25) is 0 Å². The number of nitrogens with one attached hydrogen (secondary N) is 1. The second kappa shape index (κ2) is 7.16. The Balaban J connectivity index is 1.67. The molecule has 0 aliphatic carbocycles. The Morgan fingerprint density at radius 1 is 1.08 bits per heavy atom. The molecular weight excluding hydrogens is 322 g/mol. The van der Waals surface area contributed by atoms with E-state index < -0.39 is 5.97 Å². The Bertz CT molecular complexity index is 770. The Labute approximate surface area is 145 Å². The van der Waals surface area contributed by atoms with Crippen LogP contribution in [-0.4, -0.2) is 58.0 Å². The molecule has 0 radical (unpaired) electrons. The Morgan fingerprint density at radius 2 is 1.76 bits per heavy atom. The van der Waals surface area contributed by atoms with Crippen molar-refractivity contribution in [1.82, 2.24) is 14.9 Å². The minimum atomic E-state index is -0.958. The average Bonchev–Trinajstić information content (AvgIpc) is 2.62. The lowest BCUT2D eigenvalue weighted by Crippen LogP contribution is -2.48. The highest BCUT2D eigenvalue weighted by molar-refractivity contribution is 5.88. The smallest absolute Gasteiger partial charge is 0.335 e. The van der Waals surface area contributed by atoms with Crippen LogP contribution in [0.4, 0.5) is 17.3 Å². The predicted octanol–water partition coefficient (Wildman–Crippen LogP) is 1.59. The van der Waals surface area contributed by atoms with Gasteiger partial charge in [-0.05, 0) is 24.3 Å². The zero-order chi connectivity index (χ0) is 17.8. The summed E-state index contributed by atoms with van der Waals surface area (Å²) in [5.41, 5.74) is 0.980. The molecule has 130 valence electrons. The number of carboxylic acids is 1. The highest BCUT2D eigenvalue weighted by Crippen LogP contribution is 2.20. The van der Waals surface area contributed by atoms with Gasteiger partial charge in [-0.25, -0.2) is 14.8 Å². The standard InChI is InChI=1S/C17H19N5O3/c1-12(23)21-6-8-22(9-7-21)16-10-15(18-11-19-16)20-14-4-2-13(3-5-14)17(24)25/h2-5,10-11H,6-9H2,1H3,(H,24,25)(H,18,19,20). The molecule has 1 fully saturated rings. The summed E-state index contributed by atoms with van der Waals surface area (Å²) >= 11 is 0. The predicted molar refractivity (Wildman–Crippen MR) is 93.2 cm³/mol. The van der Waals surface area contributed by atoms with E-state index in [1.165, 1.54) is 18.5 Å². The molecule has 2 heterocycles. The van der Waals surface area contributed by atoms with Crippen LogP contribution in [0.25, 0.3) is 0 Å². The van der Waals surface area contributed by atoms with Gasteiger partial charge in [-0.1, -0.05) is 0 Å². The second-order valence-electron chi connectivity index (χ2n) is 5.76. The number of hydrogen-bond acceptors (Lipinski definition) is 6. The molecule has 8 nitrogen and oxygen atoms in total. The highest BCUT2D eigenvalue weighted by atomic mass is 16.4. The summed E-state index contributed by atoms with van der Waals surface area (Å²) in [6, 6.07) is 8.30. The third-order valence-corrected chi connectivity index (χ3v) is 4.11. The lowest BCUT2D eigenvalue weighted by atomic mass is 10.2. The van der Waals surface area contributed by atoms with E-state index in [2.05, 4.69) is 20.2 Å². The molecule has 1 amide bonds. The van der Waals surface area contributed by atoms with E-state index in [-0.39, 0.29) is 11.5 Å². The number of benzene rings is 1. The first-order chi connectivity index (χ1) is 12.0. The topological polar surface area (TPSA) is 98.7 Å². The first-order valence-electron chi connectivity index (χ1n) is 7.96. The molecule has 3 rings (SSSR count). The summed E-state index contributed by atoms with van der Waals surface area (Å²) < 4.78 is 0. The van der Waals surface area contributed by atoms with Gasteiger partial charge in [0, 0.05) is 44.9 Å². The van der Waals surface area contributed by atoms with Gasteiger partial charge in [-0.15, -0.1) is 0 Å². The van der Waals surface area contributed by atoms with Crippen LogP contribution in [0, 0.1) is 0 Å². The van der Waals surface area contributed by atoms with Crippen LogP contribution in [-0.2, 0) is 4.79 Å². The number of carboxylic acid groups (broad SMARTS) is 1. The van der Waals surface area contributed by atoms with Crippen LogP contribution < -0.4 is 10.2 Å². The van der Waals surface area contributed by atoms with Gasteiger partial charge in [0.1, 0.15) is 18.0 Å². The van der Waals surface area contributed by atoms with Crippen molar-refractivity contribution in [3.05, 3.63) is 42.2 Å². The molecule has 2 aromatic rings. The van der Waals surface area contributed by atoms with Crippen molar-refractivity contribution in [2.75, 3.05) is 36.4 Å². The summed E-state index contributed by atoms with van der Waals surface area (Å²) in [6.07, 6.45) is 1.49. The van der Waals surface area contributed by atoms with E-state index in [1.807, 2.05) is 11.0 Å². The Hall–Kier alpha value is -3.16. The van der Waals surface area contributed by atoms with Crippen molar-refractivity contribution >= 4 is 29.2 Å². The van der Waals surface area contributed by atoms with Gasteiger partial charge in [0.25, 0.3) is 0 Å². The number of nitrogens with zero attached hydrogens (tertiary/aromatic N) is 4. The summed E-state index contributed by atoms with van der Waals surface area (Å²) in [6.45, 7) is 4.39. The third-order valence-electron chi connectivity index (χ3n) is 4.11. The molecule has 0 bridgehead atoms.